The van der Waals surface area contributed by atoms with Gasteiger partial charge in [-0.3, -0.25) is 4.79 Å². The lowest BCUT2D eigenvalue weighted by atomic mass is 10.1. The molecule has 1 unspecified atom stereocenters. The lowest BCUT2D eigenvalue weighted by Crippen LogP contribution is -2.41. The molecule has 0 saturated carbocycles. The van der Waals surface area contributed by atoms with Crippen molar-refractivity contribution in [2.24, 2.45) is 0 Å². The monoisotopic (exact) mass is 314 g/mol. The standard InChI is InChI=1S/C15H20Cl2N2O/c1-11(13-9-12(16)5-6-14(13)17)18-10-15(20)19-7-3-2-4-8-19/h5-6,9,11,18H,2-4,7-8,10H2,1H3. The molecule has 1 aliphatic rings. The number of carbonyl (C=O) groups excluding carboxylic acids is 1. The average molecular weight is 315 g/mol. The van der Waals surface area contributed by atoms with Crippen LogP contribution in [0.25, 0.3) is 0 Å². The zero-order valence-electron chi connectivity index (χ0n) is 11.7. The normalized spacial score (nSPS) is 17.1. The van der Waals surface area contributed by atoms with Gasteiger partial charge in [0, 0.05) is 29.2 Å². The van der Waals surface area contributed by atoms with Crippen molar-refractivity contribution in [1.82, 2.24) is 10.2 Å². The zero-order chi connectivity index (χ0) is 14.5. The number of nitrogens with one attached hydrogen (secondary N) is 1. The van der Waals surface area contributed by atoms with Crippen LogP contribution < -0.4 is 5.32 Å². The van der Waals surface area contributed by atoms with Crippen LogP contribution in [-0.4, -0.2) is 30.4 Å². The van der Waals surface area contributed by atoms with Gasteiger partial charge in [-0.15, -0.1) is 0 Å². The Morgan fingerprint density at radius 2 is 2.00 bits per heavy atom. The molecule has 1 aromatic carbocycles. The molecule has 110 valence electrons. The molecule has 0 spiro atoms. The maximum atomic E-state index is 12.1. The number of likely N-dealkylation sites (tertiary alicyclic amines) is 1. The molecule has 0 aliphatic carbocycles. The first-order valence-electron chi connectivity index (χ1n) is 7.04. The Bertz CT molecular complexity index is 473. The van der Waals surface area contributed by atoms with E-state index in [2.05, 4.69) is 5.32 Å². The minimum Gasteiger partial charge on any atom is -0.342 e. The summed E-state index contributed by atoms with van der Waals surface area (Å²) in [6.07, 6.45) is 3.45. The SMILES string of the molecule is CC(NCC(=O)N1CCCCC1)c1cc(Cl)ccc1Cl. The van der Waals surface area contributed by atoms with Gasteiger partial charge in [-0.1, -0.05) is 23.2 Å². The number of amides is 1. The number of halogens is 2. The van der Waals surface area contributed by atoms with E-state index in [0.717, 1.165) is 31.5 Å². The highest BCUT2D eigenvalue weighted by atomic mass is 35.5. The Kier molecular flexibility index (Phi) is 5.70. The molecular formula is C15H20Cl2N2O. The van der Waals surface area contributed by atoms with Crippen LogP contribution in [-0.2, 0) is 4.79 Å². The van der Waals surface area contributed by atoms with Crippen LogP contribution in [0.1, 0.15) is 37.8 Å². The largest absolute Gasteiger partial charge is 0.342 e. The second-order valence-corrected chi connectivity index (χ2v) is 6.05. The Labute approximate surface area is 130 Å². The Morgan fingerprint density at radius 3 is 2.70 bits per heavy atom. The van der Waals surface area contributed by atoms with Crippen LogP contribution in [0, 0.1) is 0 Å². The van der Waals surface area contributed by atoms with Crippen LogP contribution in [0.3, 0.4) is 0 Å². The first kappa shape index (κ1) is 15.6. The predicted octanol–water partition coefficient (Wildman–Crippen LogP) is 3.66. The minimum atomic E-state index is -0.00468. The van der Waals surface area contributed by atoms with Crippen molar-refractivity contribution in [3.63, 3.8) is 0 Å². The minimum absolute atomic E-state index is 0.00468. The van der Waals surface area contributed by atoms with Crippen molar-refractivity contribution in [3.8, 4) is 0 Å². The van der Waals surface area contributed by atoms with E-state index in [1.807, 2.05) is 17.9 Å². The van der Waals surface area contributed by atoms with Crippen molar-refractivity contribution >= 4 is 29.1 Å². The van der Waals surface area contributed by atoms with Gasteiger partial charge in [-0.2, -0.15) is 0 Å². The highest BCUT2D eigenvalue weighted by molar-refractivity contribution is 6.33. The molecule has 1 fully saturated rings. The third kappa shape index (κ3) is 4.11. The lowest BCUT2D eigenvalue weighted by molar-refractivity contribution is -0.131. The summed E-state index contributed by atoms with van der Waals surface area (Å²) in [7, 11) is 0. The fraction of sp³-hybridized carbons (Fsp3) is 0.533. The Hall–Kier alpha value is -0.770. The number of nitrogens with zero attached hydrogens (tertiary/aromatic N) is 1. The van der Waals surface area contributed by atoms with E-state index >= 15 is 0 Å². The van der Waals surface area contributed by atoms with Crippen molar-refractivity contribution in [2.45, 2.75) is 32.2 Å². The van der Waals surface area contributed by atoms with Gasteiger partial charge in [-0.05, 0) is 49.9 Å². The van der Waals surface area contributed by atoms with Gasteiger partial charge in [0.1, 0.15) is 0 Å². The van der Waals surface area contributed by atoms with E-state index < -0.39 is 0 Å². The predicted molar refractivity (Wildman–Crippen MR) is 83.3 cm³/mol. The summed E-state index contributed by atoms with van der Waals surface area (Å²) in [6, 6.07) is 5.38. The van der Waals surface area contributed by atoms with Crippen LogP contribution in [0.2, 0.25) is 10.0 Å². The topological polar surface area (TPSA) is 32.3 Å². The lowest BCUT2D eigenvalue weighted by Gasteiger charge is -2.27. The van der Waals surface area contributed by atoms with E-state index in [1.165, 1.54) is 6.42 Å². The highest BCUT2D eigenvalue weighted by Crippen LogP contribution is 2.26. The highest BCUT2D eigenvalue weighted by Gasteiger charge is 2.17. The second kappa shape index (κ2) is 7.30. The van der Waals surface area contributed by atoms with Crippen LogP contribution in [0.15, 0.2) is 18.2 Å². The number of hydrogen-bond donors (Lipinski definition) is 1. The molecular weight excluding hydrogens is 295 g/mol. The summed E-state index contributed by atoms with van der Waals surface area (Å²) in [5.74, 6) is 0.162. The van der Waals surface area contributed by atoms with Crippen molar-refractivity contribution < 1.29 is 4.79 Å². The van der Waals surface area contributed by atoms with Gasteiger partial charge in [0.15, 0.2) is 0 Å². The van der Waals surface area contributed by atoms with Gasteiger partial charge in [0.25, 0.3) is 0 Å². The summed E-state index contributed by atoms with van der Waals surface area (Å²) in [4.78, 5) is 14.0. The van der Waals surface area contributed by atoms with Crippen LogP contribution in [0.4, 0.5) is 0 Å². The zero-order valence-corrected chi connectivity index (χ0v) is 13.2. The van der Waals surface area contributed by atoms with Gasteiger partial charge in [0.05, 0.1) is 6.54 Å². The summed E-state index contributed by atoms with van der Waals surface area (Å²) >= 11 is 12.1. The molecule has 0 aromatic heterocycles. The third-order valence-corrected chi connectivity index (χ3v) is 4.27. The van der Waals surface area contributed by atoms with E-state index in [0.29, 0.717) is 16.6 Å². The molecule has 2 rings (SSSR count). The molecule has 0 radical (unpaired) electrons. The maximum Gasteiger partial charge on any atom is 0.236 e. The molecule has 3 nitrogen and oxygen atoms in total. The molecule has 0 bridgehead atoms. The van der Waals surface area contributed by atoms with Crippen molar-refractivity contribution in [2.75, 3.05) is 19.6 Å². The molecule has 1 heterocycles. The van der Waals surface area contributed by atoms with E-state index in [9.17, 15) is 4.79 Å². The number of piperidine rings is 1. The van der Waals surface area contributed by atoms with Gasteiger partial charge >= 0.3 is 0 Å². The van der Waals surface area contributed by atoms with Gasteiger partial charge in [0.2, 0.25) is 5.91 Å². The van der Waals surface area contributed by atoms with Crippen LogP contribution in [0.5, 0.6) is 0 Å². The van der Waals surface area contributed by atoms with Crippen molar-refractivity contribution in [3.05, 3.63) is 33.8 Å². The molecule has 1 aliphatic heterocycles. The first-order valence-corrected chi connectivity index (χ1v) is 7.79. The summed E-state index contributed by atoms with van der Waals surface area (Å²) in [6.45, 7) is 4.09. The second-order valence-electron chi connectivity index (χ2n) is 5.21. The molecule has 5 heteroatoms. The number of carbonyl (C=O) groups is 1. The average Bonchev–Trinajstić information content (AvgIpc) is 2.47. The van der Waals surface area contributed by atoms with E-state index in [1.54, 1.807) is 12.1 Å². The number of benzene rings is 1. The maximum absolute atomic E-state index is 12.1. The quantitative estimate of drug-likeness (QED) is 0.920. The Morgan fingerprint density at radius 1 is 1.30 bits per heavy atom. The van der Waals surface area contributed by atoms with Crippen LogP contribution >= 0.6 is 23.2 Å². The molecule has 1 atom stereocenters. The summed E-state index contributed by atoms with van der Waals surface area (Å²) in [5, 5.41) is 4.55. The molecule has 1 amide bonds. The van der Waals surface area contributed by atoms with E-state index in [4.69, 9.17) is 23.2 Å². The summed E-state index contributed by atoms with van der Waals surface area (Å²) in [5.41, 5.74) is 0.922. The smallest absolute Gasteiger partial charge is 0.236 e. The summed E-state index contributed by atoms with van der Waals surface area (Å²) < 4.78 is 0. The van der Waals surface area contributed by atoms with E-state index in [-0.39, 0.29) is 11.9 Å². The molecule has 20 heavy (non-hydrogen) atoms. The number of hydrogen-bond acceptors (Lipinski definition) is 2. The Balaban J connectivity index is 1.89. The number of rotatable bonds is 4. The van der Waals surface area contributed by atoms with Gasteiger partial charge in [-0.25, -0.2) is 0 Å². The first-order chi connectivity index (χ1) is 9.58. The molecule has 1 aromatic rings. The third-order valence-electron chi connectivity index (χ3n) is 3.69. The molecule has 1 N–H and O–H groups in total. The van der Waals surface area contributed by atoms with Crippen molar-refractivity contribution in [1.29, 1.82) is 0 Å². The fourth-order valence-corrected chi connectivity index (χ4v) is 2.91. The van der Waals surface area contributed by atoms with Gasteiger partial charge < -0.3 is 10.2 Å². The fourth-order valence-electron chi connectivity index (χ4n) is 2.45. The molecule has 1 saturated heterocycles.